The first-order valence-electron chi connectivity index (χ1n) is 12.3. The molecule has 182 valence electrons. The van der Waals surface area contributed by atoms with Crippen molar-refractivity contribution in [2.24, 2.45) is 39.4 Å². The summed E-state index contributed by atoms with van der Waals surface area (Å²) in [6, 6.07) is -0.753. The fourth-order valence-corrected chi connectivity index (χ4v) is 8.65. The molecule has 8 heteroatoms. The van der Waals surface area contributed by atoms with Crippen LogP contribution in [0.2, 0.25) is 0 Å². The third-order valence-corrected chi connectivity index (χ3v) is 10.2. The molecule has 0 aromatic rings. The number of carbonyl (C=O) groups is 1. The zero-order valence-electron chi connectivity index (χ0n) is 19.4. The van der Waals surface area contributed by atoms with Crippen LogP contribution in [0.4, 0.5) is 4.79 Å². The van der Waals surface area contributed by atoms with Gasteiger partial charge in [-0.05, 0) is 80.8 Å². The minimum atomic E-state index is -1.13. The highest BCUT2D eigenvalue weighted by atomic mass is 16.5. The van der Waals surface area contributed by atoms with Gasteiger partial charge in [-0.2, -0.15) is 5.10 Å². The molecule has 1 aliphatic heterocycles. The number of rotatable bonds is 3. The van der Waals surface area contributed by atoms with E-state index in [-0.39, 0.29) is 29.6 Å². The summed E-state index contributed by atoms with van der Waals surface area (Å²) in [5.74, 6) is 0.946. The summed E-state index contributed by atoms with van der Waals surface area (Å²) >= 11 is 0. The number of fused-ring (bicyclic) bond motifs is 5. The van der Waals surface area contributed by atoms with Crippen LogP contribution in [0.25, 0.3) is 0 Å². The summed E-state index contributed by atoms with van der Waals surface area (Å²) in [6.07, 6.45) is 9.04. The number of nitrogens with one attached hydrogen (secondary N) is 1. The van der Waals surface area contributed by atoms with E-state index in [4.69, 9.17) is 10.5 Å². The molecule has 0 saturated heterocycles. The van der Waals surface area contributed by atoms with Crippen LogP contribution in [0.3, 0.4) is 0 Å². The van der Waals surface area contributed by atoms with E-state index < -0.39 is 28.8 Å². The molecule has 4 fully saturated rings. The number of ether oxygens (including phenoxy) is 1. The first kappa shape index (κ1) is 22.9. The van der Waals surface area contributed by atoms with Gasteiger partial charge in [0.05, 0.1) is 17.3 Å². The lowest BCUT2D eigenvalue weighted by Crippen LogP contribution is -2.68. The number of hydrazone groups is 1. The average Bonchev–Trinajstić information content (AvgIpc) is 3.28. The predicted octanol–water partition coefficient (Wildman–Crippen LogP) is 2.34. The Hall–Kier alpha value is -1.90. The molecule has 5 aliphatic rings. The van der Waals surface area contributed by atoms with Crippen LogP contribution >= 0.6 is 0 Å². The number of amides is 2. The van der Waals surface area contributed by atoms with E-state index in [2.05, 4.69) is 24.0 Å². The largest absolute Gasteiger partial charge is 0.490 e. The maximum absolute atomic E-state index is 12.4. The maximum Gasteiger partial charge on any atom is 0.332 e. The number of hydrogen-bond donors (Lipinski definition) is 5. The smallest absolute Gasteiger partial charge is 0.332 e. The SMILES string of the molecule is C=C1C=C(C2CCC3(O)[C@@H]4CCC5(O)C[C@H](O)CCC5(/C=N\NC(N)=O)[C@H]4CCC23C)CO1. The lowest BCUT2D eigenvalue weighted by atomic mass is 9.41. The highest BCUT2D eigenvalue weighted by molar-refractivity contribution is 5.75. The van der Waals surface area contributed by atoms with Crippen molar-refractivity contribution < 1.29 is 24.9 Å². The second kappa shape index (κ2) is 7.55. The molecule has 5 rings (SSSR count). The molecule has 4 aliphatic carbocycles. The molecule has 2 amide bonds. The lowest BCUT2D eigenvalue weighted by Gasteiger charge is -2.65. The number of hydrogen-bond acceptors (Lipinski definition) is 6. The van der Waals surface area contributed by atoms with Crippen molar-refractivity contribution >= 4 is 12.2 Å². The molecule has 33 heavy (non-hydrogen) atoms. The van der Waals surface area contributed by atoms with E-state index in [0.717, 1.165) is 19.3 Å². The molecule has 8 nitrogen and oxygen atoms in total. The molecule has 1 heterocycles. The van der Waals surface area contributed by atoms with E-state index in [1.165, 1.54) is 5.57 Å². The zero-order valence-corrected chi connectivity index (χ0v) is 19.4. The summed E-state index contributed by atoms with van der Waals surface area (Å²) in [5, 5.41) is 38.7. The van der Waals surface area contributed by atoms with Crippen molar-refractivity contribution in [3.63, 3.8) is 0 Å². The van der Waals surface area contributed by atoms with Crippen LogP contribution in [-0.4, -0.2) is 51.5 Å². The monoisotopic (exact) mass is 459 g/mol. The summed E-state index contributed by atoms with van der Waals surface area (Å²) in [4.78, 5) is 11.3. The Morgan fingerprint density at radius 1 is 1.21 bits per heavy atom. The van der Waals surface area contributed by atoms with Crippen LogP contribution in [0.1, 0.15) is 64.7 Å². The lowest BCUT2D eigenvalue weighted by molar-refractivity contribution is -0.237. The summed E-state index contributed by atoms with van der Waals surface area (Å²) in [6.45, 7) is 6.71. The Labute approximate surface area is 195 Å². The van der Waals surface area contributed by atoms with Gasteiger partial charge in [0.25, 0.3) is 0 Å². The van der Waals surface area contributed by atoms with E-state index >= 15 is 0 Å². The average molecular weight is 460 g/mol. The highest BCUT2D eigenvalue weighted by Crippen LogP contribution is 2.70. The van der Waals surface area contributed by atoms with Crippen LogP contribution in [0, 0.1) is 28.6 Å². The second-order valence-electron chi connectivity index (χ2n) is 11.4. The summed E-state index contributed by atoms with van der Waals surface area (Å²) in [7, 11) is 0. The van der Waals surface area contributed by atoms with Crippen molar-refractivity contribution in [2.45, 2.75) is 82.0 Å². The van der Waals surface area contributed by atoms with Gasteiger partial charge >= 0.3 is 6.03 Å². The fourth-order valence-electron chi connectivity index (χ4n) is 8.65. The van der Waals surface area contributed by atoms with Gasteiger partial charge in [0.2, 0.25) is 0 Å². The van der Waals surface area contributed by atoms with Crippen LogP contribution < -0.4 is 11.2 Å². The molecule has 0 radical (unpaired) electrons. The van der Waals surface area contributed by atoms with Crippen molar-refractivity contribution in [1.29, 1.82) is 0 Å². The fraction of sp³-hybridized carbons (Fsp3) is 0.760. The number of carbonyl (C=O) groups excluding carboxylic acids is 1. The van der Waals surface area contributed by atoms with Gasteiger partial charge in [-0.1, -0.05) is 13.5 Å². The van der Waals surface area contributed by atoms with Crippen molar-refractivity contribution in [1.82, 2.24) is 5.43 Å². The Balaban J connectivity index is 1.52. The molecule has 0 bridgehead atoms. The molecule has 8 atom stereocenters. The molecule has 0 spiro atoms. The van der Waals surface area contributed by atoms with Gasteiger partial charge in [-0.15, -0.1) is 0 Å². The van der Waals surface area contributed by atoms with Crippen molar-refractivity contribution in [3.8, 4) is 0 Å². The number of aliphatic hydroxyl groups is 3. The third-order valence-electron chi connectivity index (χ3n) is 10.2. The number of nitrogens with zero attached hydrogens (tertiary/aromatic N) is 1. The van der Waals surface area contributed by atoms with E-state index in [1.807, 2.05) is 6.08 Å². The zero-order chi connectivity index (χ0) is 23.6. The first-order valence-corrected chi connectivity index (χ1v) is 12.3. The van der Waals surface area contributed by atoms with Gasteiger partial charge in [0.1, 0.15) is 12.4 Å². The molecular weight excluding hydrogens is 422 g/mol. The number of urea groups is 1. The van der Waals surface area contributed by atoms with E-state index in [1.54, 1.807) is 6.21 Å². The Morgan fingerprint density at radius 3 is 2.67 bits per heavy atom. The standard InChI is InChI=1S/C25H37N3O5/c1-15-11-16(13-33-15)18-6-10-25(32)20-5-9-24(31)12-17(29)3-8-23(24,14-27-28-21(26)30)19(20)4-7-22(18,25)2/h11,14,17-20,29,31-32H,1,3-10,12-13H2,2H3,(H3,26,28,30)/b27-14-/t17-,18?,19+,20-,22?,23?,24?,25?/m1/s1. The van der Waals surface area contributed by atoms with Gasteiger partial charge < -0.3 is 25.8 Å². The molecule has 5 unspecified atom stereocenters. The first-order chi connectivity index (χ1) is 15.5. The topological polar surface area (TPSA) is 137 Å². The molecule has 0 aromatic carbocycles. The second-order valence-corrected chi connectivity index (χ2v) is 11.4. The van der Waals surface area contributed by atoms with Gasteiger partial charge in [-0.25, -0.2) is 10.2 Å². The van der Waals surface area contributed by atoms with Crippen LogP contribution in [0.5, 0.6) is 0 Å². The number of allylic oxidation sites excluding steroid dienone is 1. The molecule has 0 aromatic heterocycles. The van der Waals surface area contributed by atoms with Crippen LogP contribution in [-0.2, 0) is 4.74 Å². The van der Waals surface area contributed by atoms with Crippen molar-refractivity contribution in [3.05, 3.63) is 24.0 Å². The van der Waals surface area contributed by atoms with Crippen LogP contribution in [0.15, 0.2) is 29.1 Å². The van der Waals surface area contributed by atoms with E-state index in [9.17, 15) is 20.1 Å². The number of primary amides is 1. The van der Waals surface area contributed by atoms with Gasteiger partial charge in [-0.3, -0.25) is 0 Å². The van der Waals surface area contributed by atoms with Gasteiger partial charge in [0, 0.05) is 23.5 Å². The minimum absolute atomic E-state index is 0.00257. The van der Waals surface area contributed by atoms with Crippen molar-refractivity contribution in [2.75, 3.05) is 6.61 Å². The normalized spacial score (nSPS) is 49.1. The minimum Gasteiger partial charge on any atom is -0.490 e. The Kier molecular flexibility index (Phi) is 5.23. The third kappa shape index (κ3) is 3.13. The number of aliphatic hydroxyl groups excluding tert-OH is 1. The predicted molar refractivity (Wildman–Crippen MR) is 123 cm³/mol. The molecule has 4 saturated carbocycles. The molecular formula is C25H37N3O5. The Morgan fingerprint density at radius 2 is 1.97 bits per heavy atom. The summed E-state index contributed by atoms with van der Waals surface area (Å²) < 4.78 is 5.63. The molecule has 6 N–H and O–H groups in total. The summed E-state index contributed by atoms with van der Waals surface area (Å²) in [5.41, 5.74) is 5.76. The highest BCUT2D eigenvalue weighted by Gasteiger charge is 2.71. The quantitative estimate of drug-likeness (QED) is 0.326. The van der Waals surface area contributed by atoms with Gasteiger partial charge in [0.15, 0.2) is 0 Å². The number of nitrogens with two attached hydrogens (primary N) is 1. The van der Waals surface area contributed by atoms with E-state index in [0.29, 0.717) is 44.5 Å². The maximum atomic E-state index is 12.4. The Bertz CT molecular complexity index is 920.